The van der Waals surface area contributed by atoms with E-state index < -0.39 is 0 Å². The summed E-state index contributed by atoms with van der Waals surface area (Å²) in [7, 11) is 0. The van der Waals surface area contributed by atoms with E-state index in [-0.39, 0.29) is 17.4 Å². The van der Waals surface area contributed by atoms with Crippen molar-refractivity contribution in [3.05, 3.63) is 11.8 Å². The quantitative estimate of drug-likeness (QED) is 0.695. The van der Waals surface area contributed by atoms with Crippen LogP contribution >= 0.6 is 11.8 Å². The second-order valence-electron chi connectivity index (χ2n) is 4.45. The van der Waals surface area contributed by atoms with Gasteiger partial charge in [0.2, 0.25) is 5.91 Å². The van der Waals surface area contributed by atoms with E-state index in [2.05, 4.69) is 15.5 Å². The predicted octanol–water partition coefficient (Wildman–Crippen LogP) is 0.113. The highest BCUT2D eigenvalue weighted by molar-refractivity contribution is 7.99. The molecule has 3 rings (SSSR count). The average Bonchev–Trinajstić information content (AvgIpc) is 2.80. The number of fused-ring (bicyclic) bond motifs is 3. The van der Waals surface area contributed by atoms with Gasteiger partial charge < -0.3 is 15.5 Å². The summed E-state index contributed by atoms with van der Waals surface area (Å²) < 4.78 is 0. The molecule has 3 aliphatic rings. The van der Waals surface area contributed by atoms with Gasteiger partial charge in [0.1, 0.15) is 11.9 Å². The van der Waals surface area contributed by atoms with Gasteiger partial charge in [-0.05, 0) is 19.1 Å². The molecule has 2 atom stereocenters. The number of aliphatic imine (C=N–C) groups is 1. The van der Waals surface area contributed by atoms with Gasteiger partial charge in [-0.25, -0.2) is 4.99 Å². The summed E-state index contributed by atoms with van der Waals surface area (Å²) >= 11 is 1.67. The highest BCUT2D eigenvalue weighted by Crippen LogP contribution is 2.25. The van der Waals surface area contributed by atoms with Crippen LogP contribution in [0.5, 0.6) is 0 Å². The van der Waals surface area contributed by atoms with Gasteiger partial charge in [0.15, 0.2) is 5.50 Å². The van der Waals surface area contributed by atoms with E-state index in [4.69, 9.17) is 4.99 Å². The highest BCUT2D eigenvalue weighted by atomic mass is 32.2. The van der Waals surface area contributed by atoms with Crippen molar-refractivity contribution in [2.24, 2.45) is 4.99 Å². The van der Waals surface area contributed by atoms with Crippen LogP contribution in [0, 0.1) is 0 Å². The largest absolute Gasteiger partial charge is 0.361 e. The topological polar surface area (TPSA) is 56.7 Å². The third kappa shape index (κ3) is 1.80. The molecule has 0 aromatic rings. The zero-order valence-corrected chi connectivity index (χ0v) is 10.6. The molecule has 0 bridgehead atoms. The van der Waals surface area contributed by atoms with Gasteiger partial charge in [-0.15, -0.1) is 11.8 Å². The molecule has 6 heteroatoms. The number of hydrogen-bond donors (Lipinski definition) is 2. The van der Waals surface area contributed by atoms with Crippen molar-refractivity contribution in [2.75, 3.05) is 19.3 Å². The van der Waals surface area contributed by atoms with Crippen molar-refractivity contribution < 1.29 is 4.79 Å². The fourth-order valence-electron chi connectivity index (χ4n) is 2.57. The van der Waals surface area contributed by atoms with Crippen LogP contribution in [-0.2, 0) is 4.79 Å². The molecule has 0 aliphatic carbocycles. The molecule has 0 radical (unpaired) electrons. The number of hydrogen-bond acceptors (Lipinski definition) is 5. The van der Waals surface area contributed by atoms with Crippen LogP contribution in [0.2, 0.25) is 0 Å². The van der Waals surface area contributed by atoms with Gasteiger partial charge in [0.25, 0.3) is 0 Å². The second kappa shape index (κ2) is 4.25. The maximum absolute atomic E-state index is 11.9. The van der Waals surface area contributed by atoms with E-state index >= 15 is 0 Å². The first-order valence-electron chi connectivity index (χ1n) is 5.90. The molecule has 3 heterocycles. The molecule has 3 aliphatic heterocycles. The van der Waals surface area contributed by atoms with Gasteiger partial charge >= 0.3 is 0 Å². The molecule has 17 heavy (non-hydrogen) atoms. The van der Waals surface area contributed by atoms with E-state index in [0.717, 1.165) is 30.8 Å². The molecular formula is C11H16N4OS. The Morgan fingerprint density at radius 2 is 2.47 bits per heavy atom. The molecule has 0 aromatic heterocycles. The van der Waals surface area contributed by atoms with Crippen LogP contribution in [0.1, 0.15) is 12.8 Å². The maximum atomic E-state index is 11.9. The minimum Gasteiger partial charge on any atom is -0.361 e. The standard InChI is InChI=1S/C11H16N4OS/c1-17-11-13-6-7-5-12-10(16)8-3-2-4-15(8)9(7)14-11/h6,8,11,13H,2-5H2,1H3,(H,12,16)/t8?,11-/m0/s1. The first-order valence-corrected chi connectivity index (χ1v) is 7.19. The molecule has 0 saturated carbocycles. The van der Waals surface area contributed by atoms with Crippen molar-refractivity contribution in [3.8, 4) is 0 Å². The number of carbonyl (C=O) groups excluding carboxylic acids is 1. The van der Waals surface area contributed by atoms with Crippen molar-refractivity contribution in [1.82, 2.24) is 15.5 Å². The molecule has 1 unspecified atom stereocenters. The Morgan fingerprint density at radius 3 is 3.29 bits per heavy atom. The number of amides is 1. The lowest BCUT2D eigenvalue weighted by atomic mass is 10.2. The lowest BCUT2D eigenvalue weighted by Crippen LogP contribution is -2.43. The monoisotopic (exact) mass is 252 g/mol. The fraction of sp³-hybridized carbons (Fsp3) is 0.636. The van der Waals surface area contributed by atoms with Crippen molar-refractivity contribution in [2.45, 2.75) is 24.4 Å². The maximum Gasteiger partial charge on any atom is 0.243 e. The summed E-state index contributed by atoms with van der Waals surface area (Å²) in [6.45, 7) is 1.52. The SMILES string of the molecule is CS[C@@H]1N=C2C(=CN1)CNC(=O)C1CCCN21. The molecule has 0 spiro atoms. The highest BCUT2D eigenvalue weighted by Gasteiger charge is 2.37. The van der Waals surface area contributed by atoms with Gasteiger partial charge in [0, 0.05) is 24.9 Å². The number of rotatable bonds is 1. The Morgan fingerprint density at radius 1 is 1.59 bits per heavy atom. The molecule has 5 nitrogen and oxygen atoms in total. The number of nitrogens with one attached hydrogen (secondary N) is 2. The second-order valence-corrected chi connectivity index (χ2v) is 5.36. The molecule has 92 valence electrons. The van der Waals surface area contributed by atoms with E-state index in [9.17, 15) is 4.79 Å². The minimum atomic E-state index is -0.0137. The summed E-state index contributed by atoms with van der Waals surface area (Å²) in [4.78, 5) is 18.8. The van der Waals surface area contributed by atoms with E-state index in [0.29, 0.717) is 6.54 Å². The number of carbonyl (C=O) groups is 1. The van der Waals surface area contributed by atoms with Crippen molar-refractivity contribution in [1.29, 1.82) is 0 Å². The fourth-order valence-corrected chi connectivity index (χ4v) is 2.98. The minimum absolute atomic E-state index is 0.0137. The summed E-state index contributed by atoms with van der Waals surface area (Å²) in [6, 6.07) is -0.0137. The van der Waals surface area contributed by atoms with Crippen LogP contribution in [0.15, 0.2) is 16.8 Å². The first kappa shape index (κ1) is 11.0. The van der Waals surface area contributed by atoms with E-state index in [1.165, 1.54) is 0 Å². The Balaban J connectivity index is 1.96. The first-order chi connectivity index (χ1) is 8.29. The van der Waals surface area contributed by atoms with Crippen LogP contribution in [0.25, 0.3) is 0 Å². The number of amidine groups is 1. The Bertz CT molecular complexity index is 406. The van der Waals surface area contributed by atoms with Crippen LogP contribution in [-0.4, -0.2) is 47.5 Å². The summed E-state index contributed by atoms with van der Waals surface area (Å²) in [5.41, 5.74) is 1.16. The molecule has 2 saturated heterocycles. The molecule has 2 fully saturated rings. The Kier molecular flexibility index (Phi) is 2.74. The van der Waals surface area contributed by atoms with E-state index in [1.807, 2.05) is 12.5 Å². The average molecular weight is 252 g/mol. The molecule has 1 amide bonds. The van der Waals surface area contributed by atoms with Crippen molar-refractivity contribution >= 4 is 23.5 Å². The normalized spacial score (nSPS) is 31.6. The zero-order chi connectivity index (χ0) is 11.8. The molecule has 2 N–H and O–H groups in total. The lowest BCUT2D eigenvalue weighted by molar-refractivity contribution is -0.123. The Hall–Kier alpha value is -1.17. The van der Waals surface area contributed by atoms with Crippen LogP contribution in [0.4, 0.5) is 0 Å². The summed E-state index contributed by atoms with van der Waals surface area (Å²) in [5, 5.41) is 6.20. The molecule has 0 aromatic carbocycles. The van der Waals surface area contributed by atoms with Gasteiger partial charge in [-0.2, -0.15) is 0 Å². The lowest BCUT2D eigenvalue weighted by Gasteiger charge is -2.28. The smallest absolute Gasteiger partial charge is 0.243 e. The number of thioether (sulfide) groups is 1. The third-order valence-electron chi connectivity index (χ3n) is 3.43. The Labute approximate surface area is 105 Å². The van der Waals surface area contributed by atoms with Gasteiger partial charge in [0.05, 0.1) is 0 Å². The van der Waals surface area contributed by atoms with Gasteiger partial charge in [-0.3, -0.25) is 4.79 Å². The molecular weight excluding hydrogens is 236 g/mol. The van der Waals surface area contributed by atoms with E-state index in [1.54, 1.807) is 11.8 Å². The zero-order valence-electron chi connectivity index (χ0n) is 9.77. The van der Waals surface area contributed by atoms with Crippen LogP contribution in [0.3, 0.4) is 0 Å². The summed E-state index contributed by atoms with van der Waals surface area (Å²) in [5.74, 6) is 1.14. The number of nitrogens with zero attached hydrogens (tertiary/aromatic N) is 2. The van der Waals surface area contributed by atoms with Crippen LogP contribution < -0.4 is 10.6 Å². The van der Waals surface area contributed by atoms with Crippen molar-refractivity contribution in [3.63, 3.8) is 0 Å². The summed E-state index contributed by atoms with van der Waals surface area (Å²) in [6.07, 6.45) is 6.03. The van der Waals surface area contributed by atoms with Gasteiger partial charge in [-0.1, -0.05) is 0 Å². The third-order valence-corrected chi connectivity index (χ3v) is 4.12. The predicted molar refractivity (Wildman–Crippen MR) is 68.7 cm³/mol.